The van der Waals surface area contributed by atoms with Crippen molar-refractivity contribution >= 4 is 23.5 Å². The molecule has 0 spiro atoms. The standard InChI is InChI=1S/C15H19ClN2O3/c1-2-4-11-7-10(8-13(16)17-11)15(21)18-6-3-5-12(18)9-14(19)20/h7-8,12H,2-6,9H2,1H3,(H,19,20). The van der Waals surface area contributed by atoms with E-state index in [0.29, 0.717) is 17.3 Å². The molecule has 0 aromatic carbocycles. The van der Waals surface area contributed by atoms with Crippen molar-refractivity contribution < 1.29 is 14.7 Å². The number of carbonyl (C=O) groups excluding carboxylic acids is 1. The van der Waals surface area contributed by atoms with Crippen molar-refractivity contribution in [1.29, 1.82) is 0 Å². The van der Waals surface area contributed by atoms with Crippen LogP contribution in [0.4, 0.5) is 0 Å². The monoisotopic (exact) mass is 310 g/mol. The number of nitrogens with zero attached hydrogens (tertiary/aromatic N) is 2. The van der Waals surface area contributed by atoms with Crippen molar-refractivity contribution in [2.45, 2.75) is 45.1 Å². The Kier molecular flexibility index (Phi) is 5.17. The fraction of sp³-hybridized carbons (Fsp3) is 0.533. The lowest BCUT2D eigenvalue weighted by Gasteiger charge is -2.23. The third-order valence-electron chi connectivity index (χ3n) is 3.65. The van der Waals surface area contributed by atoms with Gasteiger partial charge in [-0.1, -0.05) is 24.9 Å². The first-order chi connectivity index (χ1) is 10.0. The number of carbonyl (C=O) groups is 2. The second-order valence-electron chi connectivity index (χ2n) is 5.31. The Morgan fingerprint density at radius 1 is 1.48 bits per heavy atom. The average molecular weight is 311 g/mol. The van der Waals surface area contributed by atoms with Gasteiger partial charge in [0.05, 0.1) is 6.42 Å². The molecule has 21 heavy (non-hydrogen) atoms. The Balaban J connectivity index is 2.20. The number of likely N-dealkylation sites (tertiary alicyclic amines) is 1. The summed E-state index contributed by atoms with van der Waals surface area (Å²) in [6.07, 6.45) is 3.25. The molecule has 6 heteroatoms. The van der Waals surface area contributed by atoms with Crippen LogP contribution in [0, 0.1) is 0 Å². The van der Waals surface area contributed by atoms with E-state index in [2.05, 4.69) is 4.98 Å². The van der Waals surface area contributed by atoms with Crippen molar-refractivity contribution in [2.75, 3.05) is 6.54 Å². The number of rotatable bonds is 5. The van der Waals surface area contributed by atoms with Gasteiger partial charge >= 0.3 is 5.97 Å². The van der Waals surface area contributed by atoms with Crippen LogP contribution in [0.25, 0.3) is 0 Å². The summed E-state index contributed by atoms with van der Waals surface area (Å²) in [6, 6.07) is 3.09. The van der Waals surface area contributed by atoms with E-state index >= 15 is 0 Å². The highest BCUT2D eigenvalue weighted by Gasteiger charge is 2.31. The molecule has 1 aliphatic rings. The van der Waals surface area contributed by atoms with E-state index in [0.717, 1.165) is 31.4 Å². The number of carboxylic acid groups (broad SMARTS) is 1. The number of amides is 1. The second-order valence-corrected chi connectivity index (χ2v) is 5.70. The van der Waals surface area contributed by atoms with Crippen molar-refractivity contribution in [3.8, 4) is 0 Å². The third kappa shape index (κ3) is 3.94. The first kappa shape index (κ1) is 15.8. The van der Waals surface area contributed by atoms with Gasteiger partial charge < -0.3 is 10.0 Å². The number of aromatic nitrogens is 1. The third-order valence-corrected chi connectivity index (χ3v) is 3.84. The van der Waals surface area contributed by atoms with Crippen molar-refractivity contribution in [2.24, 2.45) is 0 Å². The van der Waals surface area contributed by atoms with Gasteiger partial charge in [0.1, 0.15) is 5.15 Å². The van der Waals surface area contributed by atoms with Crippen LogP contribution in [0.1, 0.15) is 48.7 Å². The largest absolute Gasteiger partial charge is 0.481 e. The summed E-state index contributed by atoms with van der Waals surface area (Å²) < 4.78 is 0. The number of aliphatic carboxylic acids is 1. The van der Waals surface area contributed by atoms with Gasteiger partial charge in [0.2, 0.25) is 0 Å². The number of hydrogen-bond donors (Lipinski definition) is 1. The van der Waals surface area contributed by atoms with Crippen LogP contribution in [-0.2, 0) is 11.2 Å². The van der Waals surface area contributed by atoms with Gasteiger partial charge in [-0.2, -0.15) is 0 Å². The molecular formula is C15H19ClN2O3. The Labute approximate surface area is 128 Å². The van der Waals surface area contributed by atoms with Crippen LogP contribution in [0.15, 0.2) is 12.1 Å². The quantitative estimate of drug-likeness (QED) is 0.849. The molecule has 1 atom stereocenters. The average Bonchev–Trinajstić information content (AvgIpc) is 2.84. The smallest absolute Gasteiger partial charge is 0.305 e. The van der Waals surface area contributed by atoms with E-state index in [1.807, 2.05) is 6.92 Å². The summed E-state index contributed by atoms with van der Waals surface area (Å²) in [4.78, 5) is 29.3. The molecule has 1 aromatic heterocycles. The zero-order valence-electron chi connectivity index (χ0n) is 12.0. The SMILES string of the molecule is CCCc1cc(C(=O)N2CCCC2CC(=O)O)cc(Cl)n1. The maximum absolute atomic E-state index is 12.6. The number of carboxylic acids is 1. The Morgan fingerprint density at radius 3 is 2.90 bits per heavy atom. The maximum Gasteiger partial charge on any atom is 0.305 e. The molecule has 1 saturated heterocycles. The van der Waals surface area contributed by atoms with Crippen LogP contribution in [0.5, 0.6) is 0 Å². The second kappa shape index (κ2) is 6.89. The summed E-state index contributed by atoms with van der Waals surface area (Å²) in [6.45, 7) is 2.63. The molecule has 114 valence electrons. The van der Waals surface area contributed by atoms with Crippen molar-refractivity contribution in [3.63, 3.8) is 0 Å². The highest BCUT2D eigenvalue weighted by Crippen LogP contribution is 2.24. The lowest BCUT2D eigenvalue weighted by atomic mass is 10.1. The molecule has 1 N–H and O–H groups in total. The molecule has 0 radical (unpaired) electrons. The molecule has 1 amide bonds. The minimum Gasteiger partial charge on any atom is -0.481 e. The van der Waals surface area contributed by atoms with Gasteiger partial charge in [-0.3, -0.25) is 9.59 Å². The van der Waals surface area contributed by atoms with E-state index < -0.39 is 5.97 Å². The van der Waals surface area contributed by atoms with E-state index in [1.54, 1.807) is 17.0 Å². The van der Waals surface area contributed by atoms with Gasteiger partial charge in [-0.15, -0.1) is 0 Å². The first-order valence-electron chi connectivity index (χ1n) is 7.20. The van der Waals surface area contributed by atoms with Gasteiger partial charge in [0.15, 0.2) is 0 Å². The number of hydrogen-bond acceptors (Lipinski definition) is 3. The summed E-state index contributed by atoms with van der Waals surface area (Å²) in [5.41, 5.74) is 1.29. The zero-order chi connectivity index (χ0) is 15.4. The number of pyridine rings is 1. The topological polar surface area (TPSA) is 70.5 Å². The summed E-state index contributed by atoms with van der Waals surface area (Å²) in [5, 5.41) is 9.24. The van der Waals surface area contributed by atoms with Gasteiger partial charge in [-0.05, 0) is 31.4 Å². The minimum atomic E-state index is -0.876. The van der Waals surface area contributed by atoms with Gasteiger partial charge in [-0.25, -0.2) is 4.98 Å². The maximum atomic E-state index is 12.6. The molecular weight excluding hydrogens is 292 g/mol. The van der Waals surface area contributed by atoms with Crippen LogP contribution < -0.4 is 0 Å². The van der Waals surface area contributed by atoms with Gasteiger partial charge in [0, 0.05) is 23.8 Å². The first-order valence-corrected chi connectivity index (χ1v) is 7.58. The lowest BCUT2D eigenvalue weighted by molar-refractivity contribution is -0.137. The predicted molar refractivity (Wildman–Crippen MR) is 79.6 cm³/mol. The van der Waals surface area contributed by atoms with Crippen LogP contribution in [0.2, 0.25) is 5.15 Å². The molecule has 5 nitrogen and oxygen atoms in total. The molecule has 0 saturated carbocycles. The molecule has 2 rings (SSSR count). The highest BCUT2D eigenvalue weighted by molar-refractivity contribution is 6.29. The summed E-state index contributed by atoms with van der Waals surface area (Å²) in [7, 11) is 0. The van der Waals surface area contributed by atoms with Crippen LogP contribution in [-0.4, -0.2) is 39.5 Å². The number of aryl methyl sites for hydroxylation is 1. The molecule has 2 heterocycles. The zero-order valence-corrected chi connectivity index (χ0v) is 12.8. The minimum absolute atomic E-state index is 0.00757. The molecule has 1 unspecified atom stereocenters. The Hall–Kier alpha value is -1.62. The fourth-order valence-electron chi connectivity index (χ4n) is 2.74. The lowest BCUT2D eigenvalue weighted by Crippen LogP contribution is -2.36. The van der Waals surface area contributed by atoms with E-state index in [9.17, 15) is 9.59 Å². The van der Waals surface area contributed by atoms with Crippen molar-refractivity contribution in [1.82, 2.24) is 9.88 Å². The van der Waals surface area contributed by atoms with E-state index in [-0.39, 0.29) is 18.4 Å². The summed E-state index contributed by atoms with van der Waals surface area (Å²) >= 11 is 5.98. The van der Waals surface area contributed by atoms with E-state index in [1.165, 1.54) is 0 Å². The summed E-state index contributed by atoms with van der Waals surface area (Å²) in [5.74, 6) is -1.03. The van der Waals surface area contributed by atoms with Crippen LogP contribution in [0.3, 0.4) is 0 Å². The molecule has 1 aromatic rings. The Morgan fingerprint density at radius 2 is 2.24 bits per heavy atom. The molecule has 1 aliphatic heterocycles. The molecule has 1 fully saturated rings. The predicted octanol–water partition coefficient (Wildman–Crippen LogP) is 2.77. The normalized spacial score (nSPS) is 18.0. The Bertz CT molecular complexity index is 548. The fourth-order valence-corrected chi connectivity index (χ4v) is 2.97. The molecule has 0 bridgehead atoms. The van der Waals surface area contributed by atoms with Crippen LogP contribution >= 0.6 is 11.6 Å². The highest BCUT2D eigenvalue weighted by atomic mass is 35.5. The van der Waals surface area contributed by atoms with E-state index in [4.69, 9.17) is 16.7 Å². The molecule has 0 aliphatic carbocycles. The number of halogens is 1. The van der Waals surface area contributed by atoms with Gasteiger partial charge in [0.25, 0.3) is 5.91 Å². The van der Waals surface area contributed by atoms with Crippen molar-refractivity contribution in [3.05, 3.63) is 28.5 Å².